The summed E-state index contributed by atoms with van der Waals surface area (Å²) in [5, 5.41) is 7.58. The van der Waals surface area contributed by atoms with Gasteiger partial charge in [0.05, 0.1) is 18.3 Å². The van der Waals surface area contributed by atoms with Crippen molar-refractivity contribution in [3.63, 3.8) is 0 Å². The molecule has 0 atom stereocenters. The van der Waals surface area contributed by atoms with Crippen molar-refractivity contribution in [3.8, 4) is 5.69 Å². The van der Waals surface area contributed by atoms with Crippen molar-refractivity contribution >= 4 is 5.91 Å². The normalized spacial score (nSPS) is 15.6. The predicted octanol–water partition coefficient (Wildman–Crippen LogP) is 2.26. The minimum absolute atomic E-state index is 0.217. The van der Waals surface area contributed by atoms with Crippen LogP contribution in [0.5, 0.6) is 0 Å². The zero-order valence-electron chi connectivity index (χ0n) is 14.3. The Labute approximate surface area is 143 Å². The van der Waals surface area contributed by atoms with E-state index in [1.807, 2.05) is 53.2 Å². The van der Waals surface area contributed by atoms with Crippen molar-refractivity contribution < 1.29 is 4.79 Å². The van der Waals surface area contributed by atoms with Crippen LogP contribution >= 0.6 is 0 Å². The van der Waals surface area contributed by atoms with E-state index in [0.717, 1.165) is 49.6 Å². The van der Waals surface area contributed by atoms with Gasteiger partial charge in [0.2, 0.25) is 5.91 Å². The predicted molar refractivity (Wildman–Crippen MR) is 95.1 cm³/mol. The van der Waals surface area contributed by atoms with Crippen molar-refractivity contribution in [3.05, 3.63) is 48.3 Å². The Kier molecular flexibility index (Phi) is 5.64. The number of benzene rings is 1. The zero-order valence-corrected chi connectivity index (χ0v) is 14.3. The molecule has 0 saturated carbocycles. The number of nitrogens with one attached hydrogen (secondary N) is 1. The molecule has 1 aromatic carbocycles. The summed E-state index contributed by atoms with van der Waals surface area (Å²) < 4.78 is 1.83. The number of nitrogens with zero attached hydrogens (tertiary/aromatic N) is 3. The van der Waals surface area contributed by atoms with Gasteiger partial charge in [-0.1, -0.05) is 18.2 Å². The maximum absolute atomic E-state index is 12.5. The number of carbonyl (C=O) groups excluding carboxylic acids is 1. The minimum atomic E-state index is 0.217. The Hall–Kier alpha value is -2.14. The van der Waals surface area contributed by atoms with E-state index < -0.39 is 0 Å². The molecule has 1 aliphatic rings. The van der Waals surface area contributed by atoms with Crippen LogP contribution < -0.4 is 5.32 Å². The van der Waals surface area contributed by atoms with E-state index in [2.05, 4.69) is 10.4 Å². The highest BCUT2D eigenvalue weighted by Gasteiger charge is 2.22. The van der Waals surface area contributed by atoms with E-state index in [-0.39, 0.29) is 5.91 Å². The molecule has 1 N–H and O–H groups in total. The lowest BCUT2D eigenvalue weighted by Crippen LogP contribution is -2.39. The first-order valence-corrected chi connectivity index (χ1v) is 8.77. The number of rotatable bonds is 6. The third-order valence-corrected chi connectivity index (χ3v) is 4.78. The summed E-state index contributed by atoms with van der Waals surface area (Å²) in [5.74, 6) is 0.969. The summed E-state index contributed by atoms with van der Waals surface area (Å²) in [6.07, 6.45) is 7.64. The highest BCUT2D eigenvalue weighted by molar-refractivity contribution is 5.78. The first-order chi connectivity index (χ1) is 11.8. The summed E-state index contributed by atoms with van der Waals surface area (Å²) in [6.45, 7) is 2.84. The average molecular weight is 326 g/mol. The molecule has 1 saturated heterocycles. The number of amides is 1. The van der Waals surface area contributed by atoms with Crippen molar-refractivity contribution in [1.29, 1.82) is 0 Å². The van der Waals surface area contributed by atoms with Crippen LogP contribution in [0, 0.1) is 5.92 Å². The van der Waals surface area contributed by atoms with Crippen LogP contribution in [-0.2, 0) is 11.2 Å². The lowest BCUT2D eigenvalue weighted by atomic mass is 9.93. The molecule has 1 aromatic heterocycles. The summed E-state index contributed by atoms with van der Waals surface area (Å²) in [6, 6.07) is 9.97. The molecule has 0 bridgehead atoms. The number of aromatic nitrogens is 2. The Balaban J connectivity index is 1.52. The van der Waals surface area contributed by atoms with E-state index in [1.54, 1.807) is 6.20 Å². The summed E-state index contributed by atoms with van der Waals surface area (Å²) >= 11 is 0. The highest BCUT2D eigenvalue weighted by Crippen LogP contribution is 2.20. The van der Waals surface area contributed by atoms with E-state index in [1.165, 1.54) is 6.42 Å². The molecule has 0 unspecified atom stereocenters. The van der Waals surface area contributed by atoms with Gasteiger partial charge in [0.15, 0.2) is 0 Å². The number of likely N-dealkylation sites (tertiary alicyclic amines) is 1. The van der Waals surface area contributed by atoms with E-state index >= 15 is 0 Å². The maximum Gasteiger partial charge on any atom is 0.227 e. The zero-order chi connectivity index (χ0) is 16.8. The molecule has 5 heteroatoms. The van der Waals surface area contributed by atoms with Crippen molar-refractivity contribution in [2.75, 3.05) is 26.7 Å². The molecule has 3 rings (SSSR count). The molecule has 0 spiro atoms. The van der Waals surface area contributed by atoms with Crippen molar-refractivity contribution in [2.24, 2.45) is 5.92 Å². The molecule has 5 nitrogen and oxygen atoms in total. The number of para-hydroxylation sites is 1. The molecule has 1 amide bonds. The second-order valence-electron chi connectivity index (χ2n) is 6.52. The SMILES string of the molecule is CNCCC1CCN(C(=O)Cc2cnn(-c3ccccc3)c2)CC1. The Morgan fingerprint density at radius 3 is 2.71 bits per heavy atom. The molecule has 2 heterocycles. The van der Waals surface area contributed by atoms with Crippen LogP contribution in [0.15, 0.2) is 42.7 Å². The average Bonchev–Trinajstić information content (AvgIpc) is 3.09. The van der Waals surface area contributed by atoms with Gasteiger partial charge in [-0.25, -0.2) is 4.68 Å². The van der Waals surface area contributed by atoms with Gasteiger partial charge in [0.1, 0.15) is 0 Å². The van der Waals surface area contributed by atoms with Crippen LogP contribution in [0.4, 0.5) is 0 Å². The maximum atomic E-state index is 12.5. The fourth-order valence-electron chi connectivity index (χ4n) is 3.28. The van der Waals surface area contributed by atoms with Crippen LogP contribution in [-0.4, -0.2) is 47.3 Å². The Morgan fingerprint density at radius 1 is 1.25 bits per heavy atom. The van der Waals surface area contributed by atoms with Crippen LogP contribution in [0.25, 0.3) is 5.69 Å². The van der Waals surface area contributed by atoms with Gasteiger partial charge in [-0.05, 0) is 56.5 Å². The van der Waals surface area contributed by atoms with Crippen LogP contribution in [0.1, 0.15) is 24.8 Å². The molecule has 2 aromatic rings. The standard InChI is InChI=1S/C19H26N4O/c1-20-10-7-16-8-11-22(12-9-16)19(24)13-17-14-21-23(15-17)18-5-3-2-4-6-18/h2-6,14-16,20H,7-13H2,1H3. The third kappa shape index (κ3) is 4.23. The van der Waals surface area contributed by atoms with Gasteiger partial charge in [-0.3, -0.25) is 4.79 Å². The monoisotopic (exact) mass is 326 g/mol. The molecule has 0 aliphatic carbocycles. The number of hydrogen-bond donors (Lipinski definition) is 1. The van der Waals surface area contributed by atoms with Crippen molar-refractivity contribution in [2.45, 2.75) is 25.7 Å². The molecule has 0 radical (unpaired) electrons. The molecular formula is C19H26N4O. The Morgan fingerprint density at radius 2 is 2.00 bits per heavy atom. The topological polar surface area (TPSA) is 50.2 Å². The summed E-state index contributed by atoms with van der Waals surface area (Å²) in [7, 11) is 1.99. The highest BCUT2D eigenvalue weighted by atomic mass is 16.2. The van der Waals surface area contributed by atoms with E-state index in [9.17, 15) is 4.79 Å². The summed E-state index contributed by atoms with van der Waals surface area (Å²) in [4.78, 5) is 14.5. The van der Waals surface area contributed by atoms with Crippen LogP contribution in [0.3, 0.4) is 0 Å². The van der Waals surface area contributed by atoms with Gasteiger partial charge in [-0.2, -0.15) is 5.10 Å². The first kappa shape index (κ1) is 16.7. The summed E-state index contributed by atoms with van der Waals surface area (Å²) in [5.41, 5.74) is 1.99. The number of hydrogen-bond acceptors (Lipinski definition) is 3. The van der Waals surface area contributed by atoms with Crippen molar-refractivity contribution in [1.82, 2.24) is 20.0 Å². The molecular weight excluding hydrogens is 300 g/mol. The fourth-order valence-corrected chi connectivity index (χ4v) is 3.28. The molecule has 24 heavy (non-hydrogen) atoms. The second-order valence-corrected chi connectivity index (χ2v) is 6.52. The minimum Gasteiger partial charge on any atom is -0.342 e. The van der Waals surface area contributed by atoms with E-state index in [0.29, 0.717) is 6.42 Å². The smallest absolute Gasteiger partial charge is 0.227 e. The number of piperidine rings is 1. The Bertz CT molecular complexity index is 644. The lowest BCUT2D eigenvalue weighted by Gasteiger charge is -2.32. The fraction of sp³-hybridized carbons (Fsp3) is 0.474. The van der Waals surface area contributed by atoms with E-state index in [4.69, 9.17) is 0 Å². The van der Waals surface area contributed by atoms with Gasteiger partial charge in [0, 0.05) is 19.3 Å². The van der Waals surface area contributed by atoms with Gasteiger partial charge in [-0.15, -0.1) is 0 Å². The van der Waals surface area contributed by atoms with Gasteiger partial charge in [0.25, 0.3) is 0 Å². The van der Waals surface area contributed by atoms with Gasteiger partial charge < -0.3 is 10.2 Å². The van der Waals surface area contributed by atoms with Gasteiger partial charge >= 0.3 is 0 Å². The third-order valence-electron chi connectivity index (χ3n) is 4.78. The molecule has 1 aliphatic heterocycles. The van der Waals surface area contributed by atoms with Crippen LogP contribution in [0.2, 0.25) is 0 Å². The number of carbonyl (C=O) groups is 1. The lowest BCUT2D eigenvalue weighted by molar-refractivity contribution is -0.131. The quantitative estimate of drug-likeness (QED) is 0.886. The molecule has 1 fully saturated rings. The second kappa shape index (κ2) is 8.11. The first-order valence-electron chi connectivity index (χ1n) is 8.77. The largest absolute Gasteiger partial charge is 0.342 e. The molecule has 128 valence electrons.